The molecule has 0 aliphatic carbocycles. The maximum Gasteiger partial charge on any atom is 0.235 e. The molecule has 1 atom stereocenters. The number of aromatic nitrogens is 2. The average molecular weight is 313 g/mol. The third-order valence-electron chi connectivity index (χ3n) is 3.17. The molecule has 4 nitrogen and oxygen atoms in total. The maximum atomic E-state index is 13.0. The number of primary amides is 1. The second kappa shape index (κ2) is 6.11. The highest BCUT2D eigenvalue weighted by Gasteiger charge is 2.21. The first-order chi connectivity index (χ1) is 10.6. The summed E-state index contributed by atoms with van der Waals surface area (Å²) in [7, 11) is 0. The van der Waals surface area contributed by atoms with E-state index in [4.69, 9.17) is 5.73 Å². The van der Waals surface area contributed by atoms with Gasteiger partial charge < -0.3 is 5.73 Å². The molecule has 0 saturated carbocycles. The quantitative estimate of drug-likeness (QED) is 0.593. The average Bonchev–Trinajstić information content (AvgIpc) is 2.53. The molecule has 3 aromatic rings. The number of nitrogens with zero attached hydrogens (tertiary/aromatic N) is 2. The fourth-order valence-electron chi connectivity index (χ4n) is 2.11. The summed E-state index contributed by atoms with van der Waals surface area (Å²) in [5, 5.41) is 0.876. The van der Waals surface area contributed by atoms with Crippen molar-refractivity contribution in [2.75, 3.05) is 0 Å². The number of fused-ring (bicyclic) bond motifs is 1. The molecule has 1 heterocycles. The number of thioether (sulfide) groups is 1. The Hall–Kier alpha value is -2.47. The van der Waals surface area contributed by atoms with Crippen LogP contribution in [0.1, 0.15) is 10.8 Å². The summed E-state index contributed by atoms with van der Waals surface area (Å²) in [6.07, 6.45) is 1.45. The van der Waals surface area contributed by atoms with Crippen LogP contribution < -0.4 is 5.73 Å². The van der Waals surface area contributed by atoms with Crippen molar-refractivity contribution < 1.29 is 9.18 Å². The zero-order valence-electron chi connectivity index (χ0n) is 11.4. The molecule has 0 aliphatic rings. The van der Waals surface area contributed by atoms with E-state index < -0.39 is 11.2 Å². The maximum absolute atomic E-state index is 13.0. The van der Waals surface area contributed by atoms with Gasteiger partial charge in [0.05, 0.1) is 5.52 Å². The number of hydrogen-bond donors (Lipinski definition) is 1. The van der Waals surface area contributed by atoms with E-state index in [-0.39, 0.29) is 5.82 Å². The van der Waals surface area contributed by atoms with Gasteiger partial charge in [-0.2, -0.15) is 0 Å². The van der Waals surface area contributed by atoms with E-state index in [1.54, 1.807) is 12.1 Å². The number of rotatable bonds is 4. The van der Waals surface area contributed by atoms with Crippen LogP contribution in [0.5, 0.6) is 0 Å². The van der Waals surface area contributed by atoms with E-state index in [0.717, 1.165) is 10.9 Å². The fraction of sp³-hybridized carbons (Fsp3) is 0.0625. The molecule has 2 N–H and O–H groups in total. The van der Waals surface area contributed by atoms with Gasteiger partial charge in [-0.25, -0.2) is 14.4 Å². The minimum Gasteiger partial charge on any atom is -0.368 e. The molecule has 0 aliphatic heterocycles. The SMILES string of the molecule is NC(=O)[C@@H](Sc1ncnc2ccccc12)c1ccc(F)cc1. The number of nitrogens with two attached hydrogens (primary N) is 1. The van der Waals surface area contributed by atoms with E-state index in [2.05, 4.69) is 9.97 Å². The van der Waals surface area contributed by atoms with E-state index in [0.29, 0.717) is 10.6 Å². The van der Waals surface area contributed by atoms with Gasteiger partial charge in [0.2, 0.25) is 5.91 Å². The van der Waals surface area contributed by atoms with Gasteiger partial charge in [0.15, 0.2) is 0 Å². The lowest BCUT2D eigenvalue weighted by atomic mass is 10.1. The van der Waals surface area contributed by atoms with E-state index in [9.17, 15) is 9.18 Å². The predicted octanol–water partition coefficient (Wildman–Crippen LogP) is 3.09. The van der Waals surface area contributed by atoms with Crippen LogP contribution in [0, 0.1) is 5.82 Å². The first kappa shape index (κ1) is 14.5. The number of para-hydroxylation sites is 1. The summed E-state index contributed by atoms with van der Waals surface area (Å²) in [4.78, 5) is 20.2. The molecule has 0 spiro atoms. The Labute approximate surface area is 130 Å². The van der Waals surface area contributed by atoms with Crippen molar-refractivity contribution in [2.45, 2.75) is 10.3 Å². The molecule has 110 valence electrons. The highest BCUT2D eigenvalue weighted by atomic mass is 32.2. The van der Waals surface area contributed by atoms with Gasteiger partial charge >= 0.3 is 0 Å². The predicted molar refractivity (Wildman–Crippen MR) is 83.7 cm³/mol. The van der Waals surface area contributed by atoms with Gasteiger partial charge in [-0.15, -0.1) is 0 Å². The molecule has 0 bridgehead atoms. The van der Waals surface area contributed by atoms with Crippen LogP contribution in [-0.4, -0.2) is 15.9 Å². The molecule has 6 heteroatoms. The van der Waals surface area contributed by atoms with Crippen molar-refractivity contribution in [1.82, 2.24) is 9.97 Å². The number of hydrogen-bond acceptors (Lipinski definition) is 4. The topological polar surface area (TPSA) is 68.9 Å². The van der Waals surface area contributed by atoms with Crippen LogP contribution in [-0.2, 0) is 4.79 Å². The lowest BCUT2D eigenvalue weighted by molar-refractivity contribution is -0.117. The summed E-state index contributed by atoms with van der Waals surface area (Å²) in [5.74, 6) is -0.858. The smallest absolute Gasteiger partial charge is 0.235 e. The fourth-order valence-corrected chi connectivity index (χ4v) is 3.15. The molecular formula is C16H12FN3OS. The second-order valence-corrected chi connectivity index (χ2v) is 5.74. The molecule has 0 saturated heterocycles. The minimum absolute atomic E-state index is 0.357. The molecule has 1 amide bonds. The summed E-state index contributed by atoms with van der Waals surface area (Å²) in [6.45, 7) is 0. The van der Waals surface area contributed by atoms with Crippen LogP contribution in [0.2, 0.25) is 0 Å². The summed E-state index contributed by atoms with van der Waals surface area (Å²) in [6, 6.07) is 13.3. The Morgan fingerprint density at radius 1 is 1.09 bits per heavy atom. The van der Waals surface area contributed by atoms with Crippen molar-refractivity contribution in [3.63, 3.8) is 0 Å². The van der Waals surface area contributed by atoms with Crippen molar-refractivity contribution in [3.05, 3.63) is 66.2 Å². The Balaban J connectivity index is 2.00. The van der Waals surface area contributed by atoms with Crippen LogP contribution >= 0.6 is 11.8 Å². The minimum atomic E-state index is -0.640. The van der Waals surface area contributed by atoms with E-state index >= 15 is 0 Å². The molecule has 3 rings (SSSR count). The zero-order valence-corrected chi connectivity index (χ0v) is 12.3. The third kappa shape index (κ3) is 2.92. The van der Waals surface area contributed by atoms with Gasteiger partial charge in [-0.05, 0) is 23.8 Å². The number of halogens is 1. The van der Waals surface area contributed by atoms with E-state index in [1.807, 2.05) is 24.3 Å². The van der Waals surface area contributed by atoms with Gasteiger partial charge in [0, 0.05) is 5.39 Å². The lowest BCUT2D eigenvalue weighted by Gasteiger charge is -2.14. The molecule has 22 heavy (non-hydrogen) atoms. The Morgan fingerprint density at radius 2 is 1.82 bits per heavy atom. The molecule has 0 unspecified atom stereocenters. The molecule has 1 aromatic heterocycles. The molecule has 2 aromatic carbocycles. The van der Waals surface area contributed by atoms with Crippen LogP contribution in [0.25, 0.3) is 10.9 Å². The van der Waals surface area contributed by atoms with Crippen LogP contribution in [0.4, 0.5) is 4.39 Å². The summed E-state index contributed by atoms with van der Waals surface area (Å²) in [5.41, 5.74) is 6.94. The van der Waals surface area contributed by atoms with Crippen LogP contribution in [0.15, 0.2) is 59.9 Å². The largest absolute Gasteiger partial charge is 0.368 e. The number of amides is 1. The number of carbonyl (C=O) groups excluding carboxylic acids is 1. The Kier molecular flexibility index (Phi) is 4.02. The Bertz CT molecular complexity index is 818. The Morgan fingerprint density at radius 3 is 2.55 bits per heavy atom. The monoisotopic (exact) mass is 313 g/mol. The van der Waals surface area contributed by atoms with Gasteiger partial charge in [0.25, 0.3) is 0 Å². The first-order valence-corrected chi connectivity index (χ1v) is 7.44. The van der Waals surface area contributed by atoms with Gasteiger partial charge in [0.1, 0.15) is 22.4 Å². The number of carbonyl (C=O) groups is 1. The van der Waals surface area contributed by atoms with Crippen LogP contribution in [0.3, 0.4) is 0 Å². The highest BCUT2D eigenvalue weighted by molar-refractivity contribution is 8.00. The van der Waals surface area contributed by atoms with Crippen molar-refractivity contribution >= 4 is 28.6 Å². The lowest BCUT2D eigenvalue weighted by Crippen LogP contribution is -2.19. The molecule has 0 fully saturated rings. The highest BCUT2D eigenvalue weighted by Crippen LogP contribution is 2.36. The first-order valence-electron chi connectivity index (χ1n) is 6.56. The molecule has 0 radical (unpaired) electrons. The third-order valence-corrected chi connectivity index (χ3v) is 4.46. The summed E-state index contributed by atoms with van der Waals surface area (Å²) >= 11 is 1.24. The van der Waals surface area contributed by atoms with Crippen molar-refractivity contribution in [2.24, 2.45) is 5.73 Å². The van der Waals surface area contributed by atoms with E-state index in [1.165, 1.54) is 30.2 Å². The second-order valence-electron chi connectivity index (χ2n) is 4.65. The van der Waals surface area contributed by atoms with Crippen molar-refractivity contribution in [3.8, 4) is 0 Å². The van der Waals surface area contributed by atoms with Crippen molar-refractivity contribution in [1.29, 1.82) is 0 Å². The normalized spacial score (nSPS) is 12.2. The zero-order chi connectivity index (χ0) is 15.5. The van der Waals surface area contributed by atoms with Gasteiger partial charge in [-0.3, -0.25) is 4.79 Å². The summed E-state index contributed by atoms with van der Waals surface area (Å²) < 4.78 is 13.0. The van der Waals surface area contributed by atoms with Gasteiger partial charge in [-0.1, -0.05) is 42.1 Å². The number of benzene rings is 2. The molecular weight excluding hydrogens is 301 g/mol. The standard InChI is InChI=1S/C16H12FN3OS/c17-11-7-5-10(6-8-11)14(15(18)21)22-16-12-3-1-2-4-13(12)19-9-20-16/h1-9,14H,(H2,18,21)/t14-/m0/s1.